The van der Waals surface area contributed by atoms with Gasteiger partial charge in [0.15, 0.2) is 5.82 Å². The van der Waals surface area contributed by atoms with Crippen molar-refractivity contribution in [2.45, 2.75) is 76.3 Å². The zero-order valence-corrected chi connectivity index (χ0v) is 14.5. The molecular formula is C18H28N4O2. The fraction of sp³-hybridized carbons (Fsp3) is 0.833. The zero-order valence-electron chi connectivity index (χ0n) is 14.5. The highest BCUT2D eigenvalue weighted by molar-refractivity contribution is 5.82. The Hall–Kier alpha value is -1.43. The molecule has 6 heteroatoms. The summed E-state index contributed by atoms with van der Waals surface area (Å²) in [6, 6.07) is -0.184. The molecule has 1 saturated heterocycles. The first-order valence-electron chi connectivity index (χ1n) is 9.60. The average Bonchev–Trinajstić information content (AvgIpc) is 3.07. The number of likely N-dealkylation sites (tertiary alicyclic amines) is 1. The Morgan fingerprint density at radius 2 is 1.88 bits per heavy atom. The summed E-state index contributed by atoms with van der Waals surface area (Å²) >= 11 is 0. The van der Waals surface area contributed by atoms with Crippen molar-refractivity contribution in [3.05, 3.63) is 11.7 Å². The maximum absolute atomic E-state index is 12.8. The number of rotatable bonds is 6. The van der Waals surface area contributed by atoms with E-state index in [9.17, 15) is 4.79 Å². The van der Waals surface area contributed by atoms with Crippen LogP contribution >= 0.6 is 0 Å². The molecule has 0 radical (unpaired) electrons. The summed E-state index contributed by atoms with van der Waals surface area (Å²) in [5.41, 5.74) is 0. The highest BCUT2D eigenvalue weighted by atomic mass is 16.5. The molecule has 2 heterocycles. The molecule has 0 bridgehead atoms. The van der Waals surface area contributed by atoms with Crippen molar-refractivity contribution in [2.24, 2.45) is 5.92 Å². The minimum atomic E-state index is -0.219. The fourth-order valence-corrected chi connectivity index (χ4v) is 4.24. The molecule has 3 fully saturated rings. The van der Waals surface area contributed by atoms with Crippen molar-refractivity contribution in [2.75, 3.05) is 13.1 Å². The first-order chi connectivity index (χ1) is 11.7. The number of hydrogen-bond acceptors (Lipinski definition) is 5. The van der Waals surface area contributed by atoms with E-state index in [1.54, 1.807) is 0 Å². The number of nitrogens with zero attached hydrogens (tertiary/aromatic N) is 3. The lowest BCUT2D eigenvalue weighted by Gasteiger charge is -2.27. The van der Waals surface area contributed by atoms with Gasteiger partial charge in [-0.1, -0.05) is 18.0 Å². The second kappa shape index (κ2) is 6.82. The minimum Gasteiger partial charge on any atom is -0.343 e. The van der Waals surface area contributed by atoms with E-state index in [1.807, 2.05) is 6.92 Å². The third kappa shape index (κ3) is 3.34. The Morgan fingerprint density at radius 1 is 1.17 bits per heavy atom. The van der Waals surface area contributed by atoms with Gasteiger partial charge in [-0.05, 0) is 64.5 Å². The molecule has 2 saturated carbocycles. The van der Waals surface area contributed by atoms with Crippen molar-refractivity contribution in [3.63, 3.8) is 0 Å². The van der Waals surface area contributed by atoms with Crippen LogP contribution in [0, 0.1) is 5.92 Å². The molecule has 1 aromatic rings. The van der Waals surface area contributed by atoms with E-state index in [2.05, 4.69) is 20.4 Å². The van der Waals surface area contributed by atoms with E-state index in [4.69, 9.17) is 4.52 Å². The van der Waals surface area contributed by atoms with Crippen molar-refractivity contribution in [1.29, 1.82) is 0 Å². The third-order valence-corrected chi connectivity index (χ3v) is 5.78. The fourth-order valence-electron chi connectivity index (χ4n) is 4.24. The summed E-state index contributed by atoms with van der Waals surface area (Å²) in [6.07, 6.45) is 9.57. The Bertz CT molecular complexity index is 571. The van der Waals surface area contributed by atoms with Crippen LogP contribution in [0.25, 0.3) is 0 Å². The van der Waals surface area contributed by atoms with Gasteiger partial charge in [-0.2, -0.15) is 4.98 Å². The van der Waals surface area contributed by atoms with Crippen LogP contribution in [0.4, 0.5) is 0 Å². The van der Waals surface area contributed by atoms with Gasteiger partial charge < -0.3 is 9.84 Å². The maximum Gasteiger partial charge on any atom is 0.248 e. The molecule has 1 aliphatic heterocycles. The van der Waals surface area contributed by atoms with Gasteiger partial charge in [-0.15, -0.1) is 0 Å². The SMILES string of the molecule is C[C@@H](NC(=O)[C@@H](C1CC1)N1CCCC1)c1nc(C2CCCC2)no1. The highest BCUT2D eigenvalue weighted by Crippen LogP contribution is 2.37. The number of carbonyl (C=O) groups excluding carboxylic acids is 1. The van der Waals surface area contributed by atoms with Crippen LogP contribution in [0.3, 0.4) is 0 Å². The molecule has 6 nitrogen and oxygen atoms in total. The van der Waals surface area contributed by atoms with Gasteiger partial charge in [0.2, 0.25) is 11.8 Å². The van der Waals surface area contributed by atoms with Crippen LogP contribution in [-0.2, 0) is 4.79 Å². The summed E-state index contributed by atoms with van der Waals surface area (Å²) < 4.78 is 5.43. The smallest absolute Gasteiger partial charge is 0.248 e. The molecule has 1 N–H and O–H groups in total. The lowest BCUT2D eigenvalue weighted by molar-refractivity contribution is -0.127. The molecular weight excluding hydrogens is 304 g/mol. The topological polar surface area (TPSA) is 71.3 Å². The van der Waals surface area contributed by atoms with Gasteiger partial charge >= 0.3 is 0 Å². The van der Waals surface area contributed by atoms with Crippen LogP contribution in [0.5, 0.6) is 0 Å². The molecule has 3 aliphatic rings. The van der Waals surface area contributed by atoms with E-state index >= 15 is 0 Å². The number of carbonyl (C=O) groups is 1. The molecule has 0 aromatic carbocycles. The van der Waals surface area contributed by atoms with Crippen molar-refractivity contribution in [3.8, 4) is 0 Å². The van der Waals surface area contributed by atoms with E-state index in [0.29, 0.717) is 17.7 Å². The monoisotopic (exact) mass is 332 g/mol. The van der Waals surface area contributed by atoms with Crippen molar-refractivity contribution < 1.29 is 9.32 Å². The molecule has 1 amide bonds. The molecule has 1 aromatic heterocycles. The van der Waals surface area contributed by atoms with Crippen LogP contribution in [0.1, 0.15) is 82.0 Å². The molecule has 132 valence electrons. The molecule has 2 atom stereocenters. The van der Waals surface area contributed by atoms with Gasteiger partial charge in [-0.3, -0.25) is 9.69 Å². The maximum atomic E-state index is 12.8. The summed E-state index contributed by atoms with van der Waals surface area (Å²) in [7, 11) is 0. The van der Waals surface area contributed by atoms with E-state index in [-0.39, 0.29) is 18.0 Å². The quantitative estimate of drug-likeness (QED) is 0.867. The number of amides is 1. The Labute approximate surface area is 143 Å². The molecule has 24 heavy (non-hydrogen) atoms. The second-order valence-electron chi connectivity index (χ2n) is 7.73. The molecule has 0 unspecified atom stereocenters. The normalized spacial score (nSPS) is 25.0. The number of aromatic nitrogens is 2. The van der Waals surface area contributed by atoms with Crippen LogP contribution in [-0.4, -0.2) is 40.1 Å². The lowest BCUT2D eigenvalue weighted by atomic mass is 10.1. The van der Waals surface area contributed by atoms with Gasteiger partial charge in [0.05, 0.1) is 6.04 Å². The van der Waals surface area contributed by atoms with Crippen molar-refractivity contribution >= 4 is 5.91 Å². The standard InChI is InChI=1S/C18H28N4O2/c1-12(18-20-16(21-24-18)14-6-2-3-7-14)19-17(23)15(13-8-9-13)22-10-4-5-11-22/h12-15H,2-11H2,1H3,(H,19,23)/t12-,15-/m1/s1. The lowest BCUT2D eigenvalue weighted by Crippen LogP contribution is -2.47. The molecule has 4 rings (SSSR count). The number of hydrogen-bond donors (Lipinski definition) is 1. The van der Waals surface area contributed by atoms with E-state index in [0.717, 1.165) is 31.8 Å². The van der Waals surface area contributed by atoms with Crippen LogP contribution in [0.2, 0.25) is 0 Å². The summed E-state index contributed by atoms with van der Waals surface area (Å²) in [5, 5.41) is 7.27. The van der Waals surface area contributed by atoms with Crippen LogP contribution < -0.4 is 5.32 Å². The minimum absolute atomic E-state index is 0.0344. The molecule has 2 aliphatic carbocycles. The Morgan fingerprint density at radius 3 is 2.54 bits per heavy atom. The van der Waals surface area contributed by atoms with Crippen LogP contribution in [0.15, 0.2) is 4.52 Å². The summed E-state index contributed by atoms with van der Waals surface area (Å²) in [5.74, 6) is 2.47. The first-order valence-corrected chi connectivity index (χ1v) is 9.60. The van der Waals surface area contributed by atoms with E-state index < -0.39 is 0 Å². The molecule has 0 spiro atoms. The van der Waals surface area contributed by atoms with E-state index in [1.165, 1.54) is 38.5 Å². The van der Waals surface area contributed by atoms with Crippen molar-refractivity contribution in [1.82, 2.24) is 20.4 Å². The van der Waals surface area contributed by atoms with Gasteiger partial charge in [0.25, 0.3) is 0 Å². The highest BCUT2D eigenvalue weighted by Gasteiger charge is 2.41. The van der Waals surface area contributed by atoms with Gasteiger partial charge in [0.1, 0.15) is 6.04 Å². The Kier molecular flexibility index (Phi) is 4.57. The predicted octanol–water partition coefficient (Wildman–Crippen LogP) is 2.78. The number of nitrogens with one attached hydrogen (secondary N) is 1. The van der Waals surface area contributed by atoms with Gasteiger partial charge in [-0.25, -0.2) is 0 Å². The summed E-state index contributed by atoms with van der Waals surface area (Å²) in [4.78, 5) is 19.7. The summed E-state index contributed by atoms with van der Waals surface area (Å²) in [6.45, 7) is 4.04. The average molecular weight is 332 g/mol. The third-order valence-electron chi connectivity index (χ3n) is 5.78. The van der Waals surface area contributed by atoms with Gasteiger partial charge in [0, 0.05) is 5.92 Å². The largest absolute Gasteiger partial charge is 0.343 e. The first kappa shape index (κ1) is 16.1. The predicted molar refractivity (Wildman–Crippen MR) is 89.4 cm³/mol. The zero-order chi connectivity index (χ0) is 16.5. The second-order valence-corrected chi connectivity index (χ2v) is 7.73. The Balaban J connectivity index is 1.39.